The van der Waals surface area contributed by atoms with E-state index in [9.17, 15) is 25.6 Å². The van der Waals surface area contributed by atoms with Crippen LogP contribution in [-0.2, 0) is 19.9 Å². The first-order chi connectivity index (χ1) is 10.5. The lowest BCUT2D eigenvalue weighted by atomic mass is 10.2. The zero-order chi connectivity index (χ0) is 17.4. The summed E-state index contributed by atoms with van der Waals surface area (Å²) in [4.78, 5) is -0.536. The van der Waals surface area contributed by atoms with E-state index in [4.69, 9.17) is 0 Å². The van der Waals surface area contributed by atoms with E-state index in [0.29, 0.717) is 17.7 Å². The number of anilines is 1. The molecule has 0 bridgehead atoms. The fourth-order valence-corrected chi connectivity index (χ4v) is 3.57. The Kier molecular flexibility index (Phi) is 4.45. The molecule has 124 valence electrons. The molecule has 9 heteroatoms. The fraction of sp³-hybridized carbons (Fsp3) is 0.143. The average Bonchev–Trinajstić information content (AvgIpc) is 2.42. The maximum Gasteiger partial charge on any atom is 0.262 e. The molecule has 2 aromatic carbocycles. The number of aryl methyl sites for hydroxylation is 1. The minimum Gasteiger partial charge on any atom is -0.279 e. The SMILES string of the molecule is Cc1ccc(S(C)(=O)=O)cc1NS(=O)(=O)c1ccc(F)c(F)c1. The number of halogens is 2. The van der Waals surface area contributed by atoms with Crippen molar-refractivity contribution in [2.45, 2.75) is 16.7 Å². The molecule has 23 heavy (non-hydrogen) atoms. The van der Waals surface area contributed by atoms with Gasteiger partial charge < -0.3 is 0 Å². The summed E-state index contributed by atoms with van der Waals surface area (Å²) < 4.78 is 75.8. The predicted octanol–water partition coefficient (Wildman–Crippen LogP) is 2.48. The number of hydrogen-bond acceptors (Lipinski definition) is 4. The van der Waals surface area contributed by atoms with Crippen LogP contribution in [0.3, 0.4) is 0 Å². The van der Waals surface area contributed by atoms with E-state index in [1.54, 1.807) is 6.92 Å². The van der Waals surface area contributed by atoms with Gasteiger partial charge in [-0.25, -0.2) is 25.6 Å². The van der Waals surface area contributed by atoms with Crippen molar-refractivity contribution in [3.8, 4) is 0 Å². The molecule has 0 fully saturated rings. The summed E-state index contributed by atoms with van der Waals surface area (Å²) in [7, 11) is -7.71. The maximum atomic E-state index is 13.2. The van der Waals surface area contributed by atoms with Crippen LogP contribution in [-0.4, -0.2) is 23.1 Å². The van der Waals surface area contributed by atoms with E-state index in [1.807, 2.05) is 0 Å². The van der Waals surface area contributed by atoms with Gasteiger partial charge in [-0.15, -0.1) is 0 Å². The van der Waals surface area contributed by atoms with Crippen molar-refractivity contribution >= 4 is 25.5 Å². The van der Waals surface area contributed by atoms with Crippen LogP contribution in [0.15, 0.2) is 46.2 Å². The van der Waals surface area contributed by atoms with Gasteiger partial charge in [-0.05, 0) is 42.8 Å². The van der Waals surface area contributed by atoms with Crippen LogP contribution in [0.2, 0.25) is 0 Å². The van der Waals surface area contributed by atoms with E-state index < -0.39 is 36.4 Å². The second-order valence-electron chi connectivity index (χ2n) is 4.93. The molecule has 1 N–H and O–H groups in total. The Morgan fingerprint density at radius 3 is 2.04 bits per heavy atom. The number of rotatable bonds is 4. The summed E-state index contributed by atoms with van der Waals surface area (Å²) >= 11 is 0. The number of hydrogen-bond donors (Lipinski definition) is 1. The van der Waals surface area contributed by atoms with E-state index >= 15 is 0 Å². The van der Waals surface area contributed by atoms with E-state index in [1.165, 1.54) is 18.2 Å². The Balaban J connectivity index is 2.46. The van der Waals surface area contributed by atoms with Crippen molar-refractivity contribution in [3.05, 3.63) is 53.6 Å². The first-order valence-corrected chi connectivity index (χ1v) is 9.67. The van der Waals surface area contributed by atoms with E-state index in [2.05, 4.69) is 4.72 Å². The van der Waals surface area contributed by atoms with Gasteiger partial charge in [0.1, 0.15) is 0 Å². The average molecular weight is 361 g/mol. The van der Waals surface area contributed by atoms with Gasteiger partial charge in [0, 0.05) is 6.26 Å². The highest BCUT2D eigenvalue weighted by Gasteiger charge is 2.19. The summed E-state index contributed by atoms with van der Waals surface area (Å²) in [5.74, 6) is -2.46. The number of sulfone groups is 1. The van der Waals surface area contributed by atoms with Gasteiger partial charge >= 0.3 is 0 Å². The smallest absolute Gasteiger partial charge is 0.262 e. The topological polar surface area (TPSA) is 80.3 Å². The Labute approximate surface area is 132 Å². The van der Waals surface area contributed by atoms with Gasteiger partial charge in [0.15, 0.2) is 21.5 Å². The van der Waals surface area contributed by atoms with E-state index in [-0.39, 0.29) is 10.6 Å². The Morgan fingerprint density at radius 2 is 1.48 bits per heavy atom. The third-order valence-corrected chi connectivity index (χ3v) is 5.56. The molecular formula is C14H13F2NO4S2. The molecule has 0 aliphatic rings. The van der Waals surface area contributed by atoms with Crippen LogP contribution in [0.4, 0.5) is 14.5 Å². The van der Waals surface area contributed by atoms with Crippen molar-refractivity contribution < 1.29 is 25.6 Å². The zero-order valence-corrected chi connectivity index (χ0v) is 13.8. The molecule has 2 rings (SSSR count). The van der Waals surface area contributed by atoms with Gasteiger partial charge in [-0.2, -0.15) is 0 Å². The van der Waals surface area contributed by atoms with Crippen LogP contribution in [0, 0.1) is 18.6 Å². The van der Waals surface area contributed by atoms with Crippen molar-refractivity contribution in [1.82, 2.24) is 0 Å². The van der Waals surface area contributed by atoms with Gasteiger partial charge in [-0.1, -0.05) is 6.07 Å². The molecule has 0 amide bonds. The normalized spacial score (nSPS) is 12.2. The van der Waals surface area contributed by atoms with Crippen molar-refractivity contribution in [3.63, 3.8) is 0 Å². The molecule has 0 heterocycles. The van der Waals surface area contributed by atoms with E-state index in [0.717, 1.165) is 12.3 Å². The minimum absolute atomic E-state index is 0.0395. The molecule has 0 unspecified atom stereocenters. The van der Waals surface area contributed by atoms with Crippen molar-refractivity contribution in [2.24, 2.45) is 0 Å². The first-order valence-electron chi connectivity index (χ1n) is 6.29. The highest BCUT2D eigenvalue weighted by atomic mass is 32.2. The third-order valence-electron chi connectivity index (χ3n) is 3.08. The van der Waals surface area contributed by atoms with Crippen LogP contribution in [0.25, 0.3) is 0 Å². The minimum atomic E-state index is -4.19. The van der Waals surface area contributed by atoms with Crippen molar-refractivity contribution in [1.29, 1.82) is 0 Å². The third kappa shape index (κ3) is 3.85. The lowest BCUT2D eigenvalue weighted by Gasteiger charge is -2.12. The molecule has 0 radical (unpaired) electrons. The molecule has 0 saturated carbocycles. The molecule has 2 aromatic rings. The van der Waals surface area contributed by atoms with Crippen LogP contribution >= 0.6 is 0 Å². The second-order valence-corrected chi connectivity index (χ2v) is 8.63. The zero-order valence-electron chi connectivity index (χ0n) is 12.2. The molecule has 0 spiro atoms. The van der Waals surface area contributed by atoms with Gasteiger partial charge in [0.25, 0.3) is 10.0 Å². The second kappa shape index (κ2) is 5.89. The quantitative estimate of drug-likeness (QED) is 0.907. The summed E-state index contributed by atoms with van der Waals surface area (Å²) in [6.45, 7) is 1.58. The van der Waals surface area contributed by atoms with Gasteiger partial charge in [0.05, 0.1) is 15.5 Å². The van der Waals surface area contributed by atoms with Crippen LogP contribution in [0.5, 0.6) is 0 Å². The Bertz CT molecular complexity index is 970. The van der Waals surface area contributed by atoms with Crippen LogP contribution in [0.1, 0.15) is 5.56 Å². The summed E-state index contributed by atoms with van der Waals surface area (Å²) in [5.41, 5.74) is 0.515. The monoisotopic (exact) mass is 361 g/mol. The number of sulfonamides is 1. The maximum absolute atomic E-state index is 13.2. The first kappa shape index (κ1) is 17.4. The molecule has 0 aliphatic carbocycles. The predicted molar refractivity (Wildman–Crippen MR) is 81.5 cm³/mol. The van der Waals surface area contributed by atoms with Crippen molar-refractivity contribution in [2.75, 3.05) is 11.0 Å². The Hall–Kier alpha value is -2.00. The summed E-state index contributed by atoms with van der Waals surface area (Å²) in [6.07, 6.45) is 0.991. The van der Waals surface area contributed by atoms with Gasteiger partial charge in [-0.3, -0.25) is 4.72 Å². The number of benzene rings is 2. The largest absolute Gasteiger partial charge is 0.279 e. The highest BCUT2D eigenvalue weighted by Crippen LogP contribution is 2.24. The number of nitrogens with one attached hydrogen (secondary N) is 1. The molecular weight excluding hydrogens is 348 g/mol. The molecule has 0 saturated heterocycles. The van der Waals surface area contributed by atoms with Crippen LogP contribution < -0.4 is 4.72 Å². The summed E-state index contributed by atoms with van der Waals surface area (Å²) in [5, 5.41) is 0. The Morgan fingerprint density at radius 1 is 0.870 bits per heavy atom. The van der Waals surface area contributed by atoms with Gasteiger partial charge in [0.2, 0.25) is 0 Å². The molecule has 0 atom stereocenters. The lowest BCUT2D eigenvalue weighted by molar-refractivity contribution is 0.504. The molecule has 0 aliphatic heterocycles. The highest BCUT2D eigenvalue weighted by molar-refractivity contribution is 7.92. The fourth-order valence-electron chi connectivity index (χ4n) is 1.79. The standard InChI is InChI=1S/C14H13F2NO4S2/c1-9-3-4-10(22(2,18)19)8-14(9)17-23(20,21)11-5-6-12(15)13(16)7-11/h3-8,17H,1-2H3. The summed E-state index contributed by atoms with van der Waals surface area (Å²) in [6, 6.07) is 6.12. The molecule has 5 nitrogen and oxygen atoms in total. The lowest BCUT2D eigenvalue weighted by Crippen LogP contribution is -2.14. The molecule has 0 aromatic heterocycles.